The third-order valence-corrected chi connectivity index (χ3v) is 6.82. The van der Waals surface area contributed by atoms with Gasteiger partial charge in [0.2, 0.25) is 5.91 Å². The maximum absolute atomic E-state index is 12.8. The number of hydrogen-bond acceptors (Lipinski definition) is 4. The minimum atomic E-state index is -3.87. The molecule has 1 saturated carbocycles. The van der Waals surface area contributed by atoms with Crippen LogP contribution in [0.4, 0.5) is 11.4 Å². The lowest BCUT2D eigenvalue weighted by Crippen LogP contribution is -2.40. The van der Waals surface area contributed by atoms with Crippen molar-refractivity contribution in [1.29, 1.82) is 0 Å². The topological polar surface area (TPSA) is 84.5 Å². The van der Waals surface area contributed by atoms with Gasteiger partial charge in [0.25, 0.3) is 10.0 Å². The van der Waals surface area contributed by atoms with Crippen molar-refractivity contribution in [1.82, 2.24) is 0 Å². The summed E-state index contributed by atoms with van der Waals surface area (Å²) in [6.07, 6.45) is 2.44. The van der Waals surface area contributed by atoms with Crippen LogP contribution >= 0.6 is 11.6 Å². The predicted octanol–water partition coefficient (Wildman–Crippen LogP) is 3.52. The Bertz CT molecular complexity index is 1020. The van der Waals surface area contributed by atoms with E-state index >= 15 is 0 Å². The predicted molar refractivity (Wildman–Crippen MR) is 99.4 cm³/mol. The summed E-state index contributed by atoms with van der Waals surface area (Å²) < 4.78 is 33.3. The third kappa shape index (κ3) is 2.46. The molecule has 0 aromatic heterocycles. The monoisotopic (exact) mass is 392 g/mol. The number of carbonyl (C=O) groups excluding carboxylic acids is 1. The van der Waals surface area contributed by atoms with Gasteiger partial charge in [-0.15, -0.1) is 0 Å². The Morgan fingerprint density at radius 1 is 1.23 bits per heavy atom. The molecule has 2 aromatic rings. The summed E-state index contributed by atoms with van der Waals surface area (Å²) >= 11 is 6.31. The number of sulfonamides is 1. The van der Waals surface area contributed by atoms with Crippen molar-refractivity contribution in [2.24, 2.45) is 0 Å². The van der Waals surface area contributed by atoms with Gasteiger partial charge in [0.15, 0.2) is 0 Å². The molecule has 26 heavy (non-hydrogen) atoms. The highest BCUT2D eigenvalue weighted by molar-refractivity contribution is 7.92. The van der Waals surface area contributed by atoms with Crippen molar-refractivity contribution in [3.05, 3.63) is 47.0 Å². The van der Waals surface area contributed by atoms with Gasteiger partial charge < -0.3 is 10.1 Å². The fourth-order valence-electron chi connectivity index (χ4n) is 3.60. The number of nitrogens with one attached hydrogen (secondary N) is 2. The number of halogens is 1. The van der Waals surface area contributed by atoms with Crippen LogP contribution in [0.15, 0.2) is 41.3 Å². The fourth-order valence-corrected chi connectivity index (χ4v) is 5.08. The second kappa shape index (κ2) is 5.89. The molecule has 0 atom stereocenters. The van der Waals surface area contributed by atoms with Crippen molar-refractivity contribution in [3.8, 4) is 5.75 Å². The molecule has 6 nitrogen and oxygen atoms in total. The van der Waals surface area contributed by atoms with Crippen LogP contribution in [0.3, 0.4) is 0 Å². The van der Waals surface area contributed by atoms with Crippen LogP contribution in [0.1, 0.15) is 24.8 Å². The first-order valence-electron chi connectivity index (χ1n) is 8.19. The quantitative estimate of drug-likeness (QED) is 0.833. The van der Waals surface area contributed by atoms with E-state index in [9.17, 15) is 13.2 Å². The first-order valence-corrected chi connectivity index (χ1v) is 10.0. The van der Waals surface area contributed by atoms with E-state index in [-0.39, 0.29) is 16.6 Å². The maximum atomic E-state index is 12.8. The molecule has 1 heterocycles. The largest absolute Gasteiger partial charge is 0.495 e. The van der Waals surface area contributed by atoms with Crippen molar-refractivity contribution < 1.29 is 17.9 Å². The number of benzene rings is 2. The first-order chi connectivity index (χ1) is 12.4. The number of para-hydroxylation sites is 1. The molecular weight excluding hydrogens is 376 g/mol. The molecule has 1 spiro atoms. The summed E-state index contributed by atoms with van der Waals surface area (Å²) in [6, 6.07) is 9.57. The number of rotatable bonds is 4. The molecule has 2 aliphatic rings. The smallest absolute Gasteiger partial charge is 0.265 e. The van der Waals surface area contributed by atoms with Gasteiger partial charge in [-0.3, -0.25) is 9.52 Å². The average Bonchev–Trinajstić information content (AvgIpc) is 2.87. The standard InChI is InChI=1S/C18H17ClN2O4S/c1-25-14-5-2-3-6-15(14)26(23,24)21-11-9-12-16(13(19)10-11)20-17(22)18(12)7-4-8-18/h2-3,5-6,9-10,21H,4,7-8H2,1H3,(H,20,22). The van der Waals surface area contributed by atoms with Crippen molar-refractivity contribution in [2.45, 2.75) is 29.6 Å². The van der Waals surface area contributed by atoms with Crippen LogP contribution in [-0.4, -0.2) is 21.4 Å². The van der Waals surface area contributed by atoms with Gasteiger partial charge in [0.1, 0.15) is 10.6 Å². The lowest BCUT2D eigenvalue weighted by Gasteiger charge is -2.36. The number of carbonyl (C=O) groups is 1. The molecule has 1 fully saturated rings. The number of ether oxygens (including phenoxy) is 1. The lowest BCUT2D eigenvalue weighted by atomic mass is 9.65. The summed E-state index contributed by atoms with van der Waals surface area (Å²) in [4.78, 5) is 12.4. The van der Waals surface area contributed by atoms with Gasteiger partial charge in [-0.2, -0.15) is 0 Å². The van der Waals surface area contributed by atoms with Gasteiger partial charge in [0.05, 0.1) is 28.9 Å². The second-order valence-electron chi connectivity index (χ2n) is 6.53. The minimum absolute atomic E-state index is 0.0340. The SMILES string of the molecule is COc1ccccc1S(=O)(=O)Nc1cc(Cl)c2c(c1)C1(CCC1)C(=O)N2. The lowest BCUT2D eigenvalue weighted by molar-refractivity contribution is -0.123. The molecule has 1 aliphatic heterocycles. The van der Waals surface area contributed by atoms with Gasteiger partial charge in [-0.05, 0) is 42.7 Å². The molecule has 2 N–H and O–H groups in total. The zero-order chi connectivity index (χ0) is 18.5. The normalized spacial score (nSPS) is 17.4. The van der Waals surface area contributed by atoms with E-state index in [2.05, 4.69) is 10.0 Å². The third-order valence-electron chi connectivity index (χ3n) is 5.10. The summed E-state index contributed by atoms with van der Waals surface area (Å²) in [5.41, 5.74) is 1.09. The molecule has 0 radical (unpaired) electrons. The minimum Gasteiger partial charge on any atom is -0.495 e. The van der Waals surface area contributed by atoms with E-state index in [0.29, 0.717) is 16.4 Å². The number of anilines is 2. The fraction of sp³-hybridized carbons (Fsp3) is 0.278. The Kier molecular flexibility index (Phi) is 3.89. The van der Waals surface area contributed by atoms with E-state index < -0.39 is 15.4 Å². The molecule has 0 saturated heterocycles. The van der Waals surface area contributed by atoms with Crippen LogP contribution in [0, 0.1) is 0 Å². The number of amides is 1. The maximum Gasteiger partial charge on any atom is 0.265 e. The van der Waals surface area contributed by atoms with Crippen LogP contribution < -0.4 is 14.8 Å². The van der Waals surface area contributed by atoms with Crippen molar-refractivity contribution in [2.75, 3.05) is 17.1 Å². The first kappa shape index (κ1) is 17.2. The zero-order valence-electron chi connectivity index (χ0n) is 14.0. The number of methoxy groups -OCH3 is 1. The summed E-state index contributed by atoms with van der Waals surface area (Å²) in [5.74, 6) is 0.185. The highest BCUT2D eigenvalue weighted by Crippen LogP contribution is 2.53. The van der Waals surface area contributed by atoms with E-state index in [1.807, 2.05) is 0 Å². The number of fused-ring (bicyclic) bond motifs is 2. The van der Waals surface area contributed by atoms with Crippen molar-refractivity contribution in [3.63, 3.8) is 0 Å². The Balaban J connectivity index is 1.74. The van der Waals surface area contributed by atoms with Crippen LogP contribution in [0.5, 0.6) is 5.75 Å². The van der Waals surface area contributed by atoms with Crippen LogP contribution in [-0.2, 0) is 20.2 Å². The van der Waals surface area contributed by atoms with Crippen LogP contribution in [0.25, 0.3) is 0 Å². The molecule has 1 aliphatic carbocycles. The van der Waals surface area contributed by atoms with Gasteiger partial charge >= 0.3 is 0 Å². The molecule has 4 rings (SSSR count). The Morgan fingerprint density at radius 2 is 1.96 bits per heavy atom. The Morgan fingerprint density at radius 3 is 2.62 bits per heavy atom. The van der Waals surface area contributed by atoms with E-state index in [4.69, 9.17) is 16.3 Å². The van der Waals surface area contributed by atoms with Gasteiger partial charge in [-0.1, -0.05) is 30.2 Å². The summed E-state index contributed by atoms with van der Waals surface area (Å²) in [7, 11) is -2.45. The van der Waals surface area contributed by atoms with Crippen LogP contribution in [0.2, 0.25) is 5.02 Å². The zero-order valence-corrected chi connectivity index (χ0v) is 15.6. The highest BCUT2D eigenvalue weighted by Gasteiger charge is 2.51. The molecule has 0 unspecified atom stereocenters. The van der Waals surface area contributed by atoms with E-state index in [1.165, 1.54) is 19.2 Å². The van der Waals surface area contributed by atoms with E-state index in [0.717, 1.165) is 24.8 Å². The summed E-state index contributed by atoms with van der Waals surface area (Å²) in [5, 5.41) is 3.15. The van der Waals surface area contributed by atoms with Gasteiger partial charge in [0, 0.05) is 0 Å². The molecular formula is C18H17ClN2O4S. The van der Waals surface area contributed by atoms with Gasteiger partial charge in [-0.25, -0.2) is 8.42 Å². The summed E-state index contributed by atoms with van der Waals surface area (Å²) in [6.45, 7) is 0. The molecule has 8 heteroatoms. The molecule has 0 bridgehead atoms. The molecule has 2 aromatic carbocycles. The average molecular weight is 393 g/mol. The van der Waals surface area contributed by atoms with Crippen molar-refractivity contribution >= 4 is 38.9 Å². The highest BCUT2D eigenvalue weighted by atomic mass is 35.5. The molecule has 1 amide bonds. The second-order valence-corrected chi connectivity index (χ2v) is 8.58. The Labute approximate surface area is 156 Å². The number of hydrogen-bond donors (Lipinski definition) is 2. The van der Waals surface area contributed by atoms with E-state index in [1.54, 1.807) is 24.3 Å². The molecule has 136 valence electrons. The Hall–Kier alpha value is -2.25.